The normalized spacial score (nSPS) is 10.5. The maximum absolute atomic E-state index is 6.17. The summed E-state index contributed by atoms with van der Waals surface area (Å²) in [6.07, 6.45) is 0. The summed E-state index contributed by atoms with van der Waals surface area (Å²) in [6.45, 7) is 4.02. The van der Waals surface area contributed by atoms with E-state index in [1.807, 2.05) is 24.3 Å². The lowest BCUT2D eigenvalue weighted by Crippen LogP contribution is -2.11. The predicted molar refractivity (Wildman–Crippen MR) is 74.3 cm³/mol. The second kappa shape index (κ2) is 5.85. The molecule has 2 aromatic rings. The van der Waals surface area contributed by atoms with Gasteiger partial charge in [0.25, 0.3) is 0 Å². The minimum absolute atomic E-state index is 0.798. The Labute approximate surface area is 107 Å². The van der Waals surface area contributed by atoms with Crippen LogP contribution in [0.25, 0.3) is 11.1 Å². The summed E-state index contributed by atoms with van der Waals surface area (Å²) in [5.41, 5.74) is 3.54. The zero-order chi connectivity index (χ0) is 12.1. The Morgan fingerprint density at radius 1 is 1.00 bits per heavy atom. The molecule has 0 atom stereocenters. The molecule has 0 aromatic heterocycles. The summed E-state index contributed by atoms with van der Waals surface area (Å²) in [5.74, 6) is 0. The zero-order valence-corrected chi connectivity index (χ0v) is 10.7. The molecule has 1 N–H and O–H groups in total. The van der Waals surface area contributed by atoms with Gasteiger partial charge in [-0.2, -0.15) is 0 Å². The van der Waals surface area contributed by atoms with Gasteiger partial charge in [-0.3, -0.25) is 0 Å². The zero-order valence-electron chi connectivity index (χ0n) is 9.91. The Hall–Kier alpha value is -1.31. The Morgan fingerprint density at radius 2 is 1.71 bits per heavy atom. The van der Waals surface area contributed by atoms with E-state index in [9.17, 15) is 0 Å². The summed E-state index contributed by atoms with van der Waals surface area (Å²) < 4.78 is 0. The molecule has 2 heteroatoms. The van der Waals surface area contributed by atoms with E-state index in [4.69, 9.17) is 11.6 Å². The molecule has 0 radical (unpaired) electrons. The lowest BCUT2D eigenvalue weighted by Gasteiger charge is -2.06. The van der Waals surface area contributed by atoms with E-state index >= 15 is 0 Å². The summed E-state index contributed by atoms with van der Waals surface area (Å²) in [7, 11) is 0. The van der Waals surface area contributed by atoms with Crippen LogP contribution in [0.3, 0.4) is 0 Å². The van der Waals surface area contributed by atoms with Gasteiger partial charge in [-0.05, 0) is 23.7 Å². The second-order valence-electron chi connectivity index (χ2n) is 3.96. The summed E-state index contributed by atoms with van der Waals surface area (Å²) in [4.78, 5) is 0. The van der Waals surface area contributed by atoms with Gasteiger partial charge < -0.3 is 5.32 Å². The van der Waals surface area contributed by atoms with Crippen LogP contribution >= 0.6 is 11.6 Å². The van der Waals surface area contributed by atoms with Gasteiger partial charge in [0.2, 0.25) is 0 Å². The molecule has 0 saturated carbocycles. The first kappa shape index (κ1) is 12.2. The summed E-state index contributed by atoms with van der Waals surface area (Å²) >= 11 is 6.17. The molecule has 2 aromatic carbocycles. The molecule has 0 unspecified atom stereocenters. The average molecular weight is 246 g/mol. The first-order chi connectivity index (χ1) is 8.31. The van der Waals surface area contributed by atoms with Crippen molar-refractivity contribution in [3.05, 3.63) is 59.1 Å². The first-order valence-electron chi connectivity index (χ1n) is 5.86. The van der Waals surface area contributed by atoms with Crippen molar-refractivity contribution in [2.24, 2.45) is 0 Å². The van der Waals surface area contributed by atoms with Crippen LogP contribution in [-0.2, 0) is 6.54 Å². The molecule has 1 nitrogen and oxygen atoms in total. The van der Waals surface area contributed by atoms with E-state index in [1.54, 1.807) is 0 Å². The number of nitrogens with one attached hydrogen (secondary N) is 1. The molecule has 0 aliphatic carbocycles. The van der Waals surface area contributed by atoms with Crippen molar-refractivity contribution in [2.75, 3.05) is 6.54 Å². The topological polar surface area (TPSA) is 12.0 Å². The van der Waals surface area contributed by atoms with Crippen LogP contribution in [-0.4, -0.2) is 6.54 Å². The quantitative estimate of drug-likeness (QED) is 0.855. The van der Waals surface area contributed by atoms with Crippen molar-refractivity contribution in [3.8, 4) is 11.1 Å². The summed E-state index contributed by atoms with van der Waals surface area (Å²) in [6, 6.07) is 16.4. The van der Waals surface area contributed by atoms with E-state index in [2.05, 4.69) is 36.5 Å². The minimum Gasteiger partial charge on any atom is -0.313 e. The highest BCUT2D eigenvalue weighted by Crippen LogP contribution is 2.27. The van der Waals surface area contributed by atoms with Gasteiger partial charge in [-0.15, -0.1) is 0 Å². The molecule has 0 aliphatic rings. The van der Waals surface area contributed by atoms with Gasteiger partial charge in [0.05, 0.1) is 0 Å². The number of halogens is 1. The van der Waals surface area contributed by atoms with E-state index in [1.165, 1.54) is 5.56 Å². The van der Waals surface area contributed by atoms with Crippen molar-refractivity contribution in [2.45, 2.75) is 13.5 Å². The molecule has 2 rings (SSSR count). The van der Waals surface area contributed by atoms with Crippen molar-refractivity contribution < 1.29 is 0 Å². The third kappa shape index (κ3) is 3.09. The first-order valence-corrected chi connectivity index (χ1v) is 6.23. The highest BCUT2D eigenvalue weighted by Gasteiger charge is 2.01. The summed E-state index contributed by atoms with van der Waals surface area (Å²) in [5, 5.41) is 4.11. The molecule has 0 amide bonds. The van der Waals surface area contributed by atoms with Crippen molar-refractivity contribution in [1.82, 2.24) is 5.32 Å². The number of benzene rings is 2. The molecule has 0 spiro atoms. The number of hydrogen-bond donors (Lipinski definition) is 1. The Bertz CT molecular complexity index is 477. The van der Waals surface area contributed by atoms with Crippen LogP contribution in [0.15, 0.2) is 48.5 Å². The van der Waals surface area contributed by atoms with Crippen LogP contribution in [0.2, 0.25) is 5.02 Å². The monoisotopic (exact) mass is 245 g/mol. The van der Waals surface area contributed by atoms with Crippen LogP contribution in [0.4, 0.5) is 0 Å². The van der Waals surface area contributed by atoms with Gasteiger partial charge in [0.15, 0.2) is 0 Å². The lowest BCUT2D eigenvalue weighted by atomic mass is 10.0. The fraction of sp³-hybridized carbons (Fsp3) is 0.200. The van der Waals surface area contributed by atoms with Crippen molar-refractivity contribution in [1.29, 1.82) is 0 Å². The smallest absolute Gasteiger partial charge is 0.0484 e. The van der Waals surface area contributed by atoms with E-state index in [0.29, 0.717) is 0 Å². The SMILES string of the molecule is CCNCc1ccc(-c2ccccc2Cl)cc1. The van der Waals surface area contributed by atoms with Gasteiger partial charge in [0.1, 0.15) is 0 Å². The molecular weight excluding hydrogens is 230 g/mol. The minimum atomic E-state index is 0.798. The van der Waals surface area contributed by atoms with Gasteiger partial charge in [0, 0.05) is 17.1 Å². The fourth-order valence-electron chi connectivity index (χ4n) is 1.77. The average Bonchev–Trinajstić information content (AvgIpc) is 2.38. The molecule has 0 saturated heterocycles. The predicted octanol–water partition coefficient (Wildman–Crippen LogP) is 4.12. The number of hydrogen-bond acceptors (Lipinski definition) is 1. The molecule has 0 fully saturated rings. The van der Waals surface area contributed by atoms with Crippen molar-refractivity contribution in [3.63, 3.8) is 0 Å². The molecule has 17 heavy (non-hydrogen) atoms. The highest BCUT2D eigenvalue weighted by atomic mass is 35.5. The van der Waals surface area contributed by atoms with Crippen LogP contribution in [0, 0.1) is 0 Å². The Kier molecular flexibility index (Phi) is 4.18. The molecule has 0 bridgehead atoms. The lowest BCUT2D eigenvalue weighted by molar-refractivity contribution is 0.727. The van der Waals surface area contributed by atoms with E-state index in [0.717, 1.165) is 29.2 Å². The van der Waals surface area contributed by atoms with Crippen LogP contribution in [0.5, 0.6) is 0 Å². The molecular formula is C15H16ClN. The van der Waals surface area contributed by atoms with E-state index in [-0.39, 0.29) is 0 Å². The fourth-order valence-corrected chi connectivity index (χ4v) is 2.01. The maximum atomic E-state index is 6.17. The third-order valence-corrected chi connectivity index (χ3v) is 3.05. The largest absolute Gasteiger partial charge is 0.313 e. The molecule has 0 aliphatic heterocycles. The highest BCUT2D eigenvalue weighted by molar-refractivity contribution is 6.33. The maximum Gasteiger partial charge on any atom is 0.0484 e. The van der Waals surface area contributed by atoms with Crippen LogP contribution in [0.1, 0.15) is 12.5 Å². The molecule has 0 heterocycles. The standard InChI is InChI=1S/C15H16ClN/c1-2-17-11-12-7-9-13(10-8-12)14-5-3-4-6-15(14)16/h3-10,17H,2,11H2,1H3. The van der Waals surface area contributed by atoms with Crippen molar-refractivity contribution >= 4 is 11.6 Å². The van der Waals surface area contributed by atoms with Gasteiger partial charge in [-0.25, -0.2) is 0 Å². The van der Waals surface area contributed by atoms with Gasteiger partial charge in [-0.1, -0.05) is 61.0 Å². The number of rotatable bonds is 4. The molecule has 88 valence electrons. The van der Waals surface area contributed by atoms with Crippen LogP contribution < -0.4 is 5.32 Å². The third-order valence-electron chi connectivity index (χ3n) is 2.72. The Balaban J connectivity index is 2.21. The second-order valence-corrected chi connectivity index (χ2v) is 4.36. The van der Waals surface area contributed by atoms with E-state index < -0.39 is 0 Å². The van der Waals surface area contributed by atoms with Gasteiger partial charge >= 0.3 is 0 Å². The Morgan fingerprint density at radius 3 is 2.35 bits per heavy atom.